The summed E-state index contributed by atoms with van der Waals surface area (Å²) >= 11 is 0. The first kappa shape index (κ1) is 16.3. The molecule has 1 saturated carbocycles. The molecule has 1 atom stereocenters. The van der Waals surface area contributed by atoms with Crippen LogP contribution in [0.15, 0.2) is 5.16 Å². The Balaban J connectivity index is 1.77. The van der Waals surface area contributed by atoms with Crippen molar-refractivity contribution in [3.05, 3.63) is 0 Å². The fraction of sp³-hybridized carbons (Fsp3) is 0.875. The van der Waals surface area contributed by atoms with Crippen LogP contribution in [0.2, 0.25) is 0 Å². The maximum Gasteiger partial charge on any atom is 0.234 e. The lowest BCUT2D eigenvalue weighted by atomic mass is 9.93. The number of carbonyl (C=O) groups excluding carboxylic acids is 1. The van der Waals surface area contributed by atoms with Gasteiger partial charge in [0.05, 0.1) is 12.3 Å². The number of likely N-dealkylation sites (tertiary alicyclic amines) is 1. The van der Waals surface area contributed by atoms with Crippen LogP contribution in [0.1, 0.15) is 58.3 Å². The first-order valence-corrected chi connectivity index (χ1v) is 8.45. The van der Waals surface area contributed by atoms with E-state index in [-0.39, 0.29) is 11.8 Å². The molecule has 0 aromatic carbocycles. The molecule has 1 amide bonds. The van der Waals surface area contributed by atoms with E-state index in [1.54, 1.807) is 0 Å². The third-order valence-electron chi connectivity index (χ3n) is 4.84. The van der Waals surface area contributed by atoms with Crippen molar-refractivity contribution in [3.8, 4) is 0 Å². The normalized spacial score (nSPS) is 27.5. The quantitative estimate of drug-likeness (QED) is 0.475. The molecule has 2 N–H and O–H groups in total. The van der Waals surface area contributed by atoms with E-state index in [1.807, 2.05) is 0 Å². The van der Waals surface area contributed by atoms with E-state index in [0.717, 1.165) is 44.5 Å². The van der Waals surface area contributed by atoms with Crippen molar-refractivity contribution in [1.82, 2.24) is 10.2 Å². The lowest BCUT2D eigenvalue weighted by Crippen LogP contribution is -2.47. The third-order valence-corrected chi connectivity index (χ3v) is 4.84. The monoisotopic (exact) mass is 295 g/mol. The molecule has 5 nitrogen and oxygen atoms in total. The van der Waals surface area contributed by atoms with Gasteiger partial charge in [-0.25, -0.2) is 0 Å². The number of nitrogens with one attached hydrogen (secondary N) is 1. The number of hydrogen-bond acceptors (Lipinski definition) is 4. The largest absolute Gasteiger partial charge is 0.411 e. The Morgan fingerprint density at radius 2 is 2.05 bits per heavy atom. The van der Waals surface area contributed by atoms with E-state index >= 15 is 0 Å². The van der Waals surface area contributed by atoms with Gasteiger partial charge in [0.1, 0.15) is 0 Å². The second-order valence-electron chi connectivity index (χ2n) is 6.44. The van der Waals surface area contributed by atoms with E-state index in [2.05, 4.69) is 22.3 Å². The van der Waals surface area contributed by atoms with Crippen LogP contribution in [0.25, 0.3) is 0 Å². The SMILES string of the molecule is CCC1CN(CC(=O)NC2CCCCCC2)CCC1=NO. The van der Waals surface area contributed by atoms with Crippen LogP contribution in [0.5, 0.6) is 0 Å². The number of oxime groups is 1. The molecule has 0 bridgehead atoms. The average Bonchev–Trinajstić information content (AvgIpc) is 2.75. The maximum atomic E-state index is 12.2. The van der Waals surface area contributed by atoms with Gasteiger partial charge >= 0.3 is 0 Å². The summed E-state index contributed by atoms with van der Waals surface area (Å²) in [4.78, 5) is 14.4. The zero-order chi connectivity index (χ0) is 15.1. The molecule has 0 radical (unpaired) electrons. The second-order valence-corrected chi connectivity index (χ2v) is 6.44. The molecule has 0 spiro atoms. The average molecular weight is 295 g/mol. The molecule has 1 heterocycles. The molecule has 21 heavy (non-hydrogen) atoms. The number of rotatable bonds is 4. The summed E-state index contributed by atoms with van der Waals surface area (Å²) in [6, 6.07) is 0.376. The smallest absolute Gasteiger partial charge is 0.234 e. The van der Waals surface area contributed by atoms with Crippen LogP contribution in [-0.4, -0.2) is 47.4 Å². The minimum Gasteiger partial charge on any atom is -0.411 e. The van der Waals surface area contributed by atoms with Gasteiger partial charge in [-0.1, -0.05) is 37.8 Å². The highest BCUT2D eigenvalue weighted by molar-refractivity contribution is 5.87. The van der Waals surface area contributed by atoms with Gasteiger partial charge < -0.3 is 10.5 Å². The Bertz CT molecular complexity index is 363. The van der Waals surface area contributed by atoms with Crippen molar-refractivity contribution in [3.63, 3.8) is 0 Å². The molecule has 120 valence electrons. The van der Waals surface area contributed by atoms with E-state index in [4.69, 9.17) is 5.21 Å². The number of hydrogen-bond donors (Lipinski definition) is 2. The van der Waals surface area contributed by atoms with Crippen LogP contribution in [0.4, 0.5) is 0 Å². The van der Waals surface area contributed by atoms with Gasteiger partial charge in [-0.05, 0) is 19.3 Å². The van der Waals surface area contributed by atoms with Crippen molar-refractivity contribution in [1.29, 1.82) is 0 Å². The summed E-state index contributed by atoms with van der Waals surface area (Å²) < 4.78 is 0. The van der Waals surface area contributed by atoms with Crippen molar-refractivity contribution in [2.75, 3.05) is 19.6 Å². The van der Waals surface area contributed by atoms with Gasteiger partial charge in [-0.2, -0.15) is 0 Å². The fourth-order valence-corrected chi connectivity index (χ4v) is 3.53. The Morgan fingerprint density at radius 1 is 1.33 bits per heavy atom. The van der Waals surface area contributed by atoms with Gasteiger partial charge in [0, 0.05) is 31.5 Å². The summed E-state index contributed by atoms with van der Waals surface area (Å²) in [5.41, 5.74) is 0.887. The van der Waals surface area contributed by atoms with Gasteiger partial charge in [0.25, 0.3) is 0 Å². The standard InChI is InChI=1S/C16H29N3O2/c1-2-13-11-19(10-9-15(13)18-21)12-16(20)17-14-7-5-3-4-6-8-14/h13-14,21H,2-12H2,1H3,(H,17,20). The summed E-state index contributed by atoms with van der Waals surface area (Å²) in [5, 5.41) is 15.6. The molecule has 0 aromatic rings. The number of amides is 1. The molecular formula is C16H29N3O2. The molecule has 1 aliphatic carbocycles. The zero-order valence-electron chi connectivity index (χ0n) is 13.2. The van der Waals surface area contributed by atoms with Crippen molar-refractivity contribution < 1.29 is 10.0 Å². The Kier molecular flexibility index (Phi) is 6.49. The Labute approximate surface area is 127 Å². The van der Waals surface area contributed by atoms with Crippen LogP contribution >= 0.6 is 0 Å². The second kappa shape index (κ2) is 8.37. The Morgan fingerprint density at radius 3 is 2.67 bits per heavy atom. The lowest BCUT2D eigenvalue weighted by molar-refractivity contribution is -0.123. The van der Waals surface area contributed by atoms with Crippen LogP contribution in [-0.2, 0) is 4.79 Å². The van der Waals surface area contributed by atoms with Crippen LogP contribution in [0.3, 0.4) is 0 Å². The van der Waals surface area contributed by atoms with E-state index in [1.165, 1.54) is 25.7 Å². The number of piperidine rings is 1. The first-order valence-electron chi connectivity index (χ1n) is 8.45. The predicted octanol–water partition coefficient (Wildman–Crippen LogP) is 2.39. The third kappa shape index (κ3) is 4.99. The van der Waals surface area contributed by atoms with Gasteiger partial charge in [-0.15, -0.1) is 0 Å². The molecule has 2 aliphatic rings. The molecule has 1 aliphatic heterocycles. The summed E-state index contributed by atoms with van der Waals surface area (Å²) in [7, 11) is 0. The molecular weight excluding hydrogens is 266 g/mol. The zero-order valence-corrected chi connectivity index (χ0v) is 13.2. The molecule has 0 aromatic heterocycles. The minimum atomic E-state index is 0.154. The first-order chi connectivity index (χ1) is 10.2. The van der Waals surface area contributed by atoms with Gasteiger partial charge in [0.2, 0.25) is 5.91 Å². The van der Waals surface area contributed by atoms with Crippen LogP contribution in [0, 0.1) is 5.92 Å². The lowest BCUT2D eigenvalue weighted by Gasteiger charge is -2.32. The molecule has 2 fully saturated rings. The molecule has 2 rings (SSSR count). The summed E-state index contributed by atoms with van der Waals surface area (Å²) in [6.07, 6.45) is 9.08. The van der Waals surface area contributed by atoms with Crippen LogP contribution < -0.4 is 5.32 Å². The highest BCUT2D eigenvalue weighted by atomic mass is 16.4. The van der Waals surface area contributed by atoms with Crippen molar-refractivity contribution >= 4 is 11.6 Å². The fourth-order valence-electron chi connectivity index (χ4n) is 3.53. The topological polar surface area (TPSA) is 64.9 Å². The summed E-state index contributed by atoms with van der Waals surface area (Å²) in [5.74, 6) is 0.440. The van der Waals surface area contributed by atoms with E-state index < -0.39 is 0 Å². The summed E-state index contributed by atoms with van der Waals surface area (Å²) in [6.45, 7) is 4.22. The Hall–Kier alpha value is -1.10. The van der Waals surface area contributed by atoms with Crippen molar-refractivity contribution in [2.45, 2.75) is 64.3 Å². The van der Waals surface area contributed by atoms with E-state index in [9.17, 15) is 4.79 Å². The van der Waals surface area contributed by atoms with E-state index in [0.29, 0.717) is 12.6 Å². The highest BCUT2D eigenvalue weighted by Gasteiger charge is 2.26. The number of nitrogens with zero attached hydrogens (tertiary/aromatic N) is 2. The molecule has 1 saturated heterocycles. The highest BCUT2D eigenvalue weighted by Crippen LogP contribution is 2.18. The minimum absolute atomic E-state index is 0.154. The molecule has 5 heteroatoms. The maximum absolute atomic E-state index is 12.2. The molecule has 1 unspecified atom stereocenters. The number of carbonyl (C=O) groups is 1. The van der Waals surface area contributed by atoms with Gasteiger partial charge in [-0.3, -0.25) is 9.69 Å². The predicted molar refractivity (Wildman–Crippen MR) is 83.7 cm³/mol. The van der Waals surface area contributed by atoms with Crippen molar-refractivity contribution in [2.24, 2.45) is 11.1 Å². The van der Waals surface area contributed by atoms with Gasteiger partial charge in [0.15, 0.2) is 0 Å².